The first-order valence-corrected chi connectivity index (χ1v) is 6.59. The van der Waals surface area contributed by atoms with Crippen molar-refractivity contribution in [3.63, 3.8) is 0 Å². The largest absolute Gasteiger partial charge is 0.477 e. The smallest absolute Gasteiger partial charge is 0.402 e. The number of hydrogen-bond acceptors (Lipinski definition) is 5. The molecule has 0 unspecified atom stereocenters. The van der Waals surface area contributed by atoms with E-state index in [0.717, 1.165) is 12.3 Å². The van der Waals surface area contributed by atoms with Crippen molar-refractivity contribution in [1.82, 2.24) is 9.71 Å². The standard InChI is InChI=1S/C9H12F3N3O3S/c1-2-18-8-7(13)3-6(4-14-8)19(16,17)15-5-9(10,11)12/h3-4,15H,2,5,13H2,1H3. The molecule has 0 bridgehead atoms. The lowest BCUT2D eigenvalue weighted by atomic mass is 10.4. The zero-order chi connectivity index (χ0) is 14.7. The van der Waals surface area contributed by atoms with E-state index in [1.54, 1.807) is 6.92 Å². The van der Waals surface area contributed by atoms with Gasteiger partial charge in [-0.2, -0.15) is 13.2 Å². The van der Waals surface area contributed by atoms with Crippen molar-refractivity contribution in [2.75, 3.05) is 18.9 Å². The van der Waals surface area contributed by atoms with Crippen LogP contribution in [0.25, 0.3) is 0 Å². The first-order chi connectivity index (χ1) is 8.65. The molecule has 3 N–H and O–H groups in total. The summed E-state index contributed by atoms with van der Waals surface area (Å²) in [5.41, 5.74) is 5.41. The molecule has 0 spiro atoms. The number of pyridine rings is 1. The Morgan fingerprint density at radius 1 is 1.47 bits per heavy atom. The molecule has 1 aromatic heterocycles. The lowest BCUT2D eigenvalue weighted by molar-refractivity contribution is -0.121. The van der Waals surface area contributed by atoms with Gasteiger partial charge in [-0.15, -0.1) is 0 Å². The van der Waals surface area contributed by atoms with E-state index in [0.29, 0.717) is 0 Å². The Hall–Kier alpha value is -1.55. The molecule has 0 amide bonds. The Kier molecular flexibility index (Phi) is 4.58. The lowest BCUT2D eigenvalue weighted by Gasteiger charge is -2.10. The molecule has 0 atom stereocenters. The van der Waals surface area contributed by atoms with Gasteiger partial charge in [0, 0.05) is 0 Å². The Balaban J connectivity index is 2.93. The first kappa shape index (κ1) is 15.5. The summed E-state index contributed by atoms with van der Waals surface area (Å²) in [5, 5.41) is 0. The molecular formula is C9H12F3N3O3S. The number of nitrogens with one attached hydrogen (secondary N) is 1. The van der Waals surface area contributed by atoms with Crippen LogP contribution in [0.2, 0.25) is 0 Å². The summed E-state index contributed by atoms with van der Waals surface area (Å²) in [6.07, 6.45) is -3.77. The predicted molar refractivity (Wildman–Crippen MR) is 61.1 cm³/mol. The van der Waals surface area contributed by atoms with Gasteiger partial charge in [-0.3, -0.25) is 0 Å². The highest BCUT2D eigenvalue weighted by atomic mass is 32.2. The van der Waals surface area contributed by atoms with Crippen molar-refractivity contribution in [1.29, 1.82) is 0 Å². The molecule has 1 aromatic rings. The van der Waals surface area contributed by atoms with Gasteiger partial charge in [-0.1, -0.05) is 0 Å². The van der Waals surface area contributed by atoms with Crippen molar-refractivity contribution in [2.24, 2.45) is 0 Å². The molecule has 0 aliphatic rings. The molecule has 0 saturated carbocycles. The zero-order valence-electron chi connectivity index (χ0n) is 9.86. The normalized spacial score (nSPS) is 12.4. The van der Waals surface area contributed by atoms with Gasteiger partial charge in [-0.05, 0) is 13.0 Å². The molecule has 0 saturated heterocycles. The van der Waals surface area contributed by atoms with Crippen molar-refractivity contribution in [3.05, 3.63) is 12.3 Å². The van der Waals surface area contributed by atoms with Crippen LogP contribution in [0.5, 0.6) is 5.88 Å². The Morgan fingerprint density at radius 2 is 2.11 bits per heavy atom. The Labute approximate surface area is 107 Å². The van der Waals surface area contributed by atoms with E-state index in [9.17, 15) is 21.6 Å². The van der Waals surface area contributed by atoms with Crippen LogP contribution in [0.15, 0.2) is 17.2 Å². The van der Waals surface area contributed by atoms with Crippen molar-refractivity contribution >= 4 is 15.7 Å². The van der Waals surface area contributed by atoms with E-state index in [2.05, 4.69) is 4.98 Å². The summed E-state index contributed by atoms with van der Waals surface area (Å²) in [4.78, 5) is 3.17. The van der Waals surface area contributed by atoms with E-state index >= 15 is 0 Å². The summed E-state index contributed by atoms with van der Waals surface area (Å²) >= 11 is 0. The summed E-state index contributed by atoms with van der Waals surface area (Å²) in [7, 11) is -4.32. The predicted octanol–water partition coefficient (Wildman–Crippen LogP) is 0.903. The molecule has 0 radical (unpaired) electrons. The molecule has 1 heterocycles. The fraction of sp³-hybridized carbons (Fsp3) is 0.444. The van der Waals surface area contributed by atoms with Crippen LogP contribution in [0.1, 0.15) is 6.92 Å². The molecule has 10 heteroatoms. The van der Waals surface area contributed by atoms with Crippen LogP contribution in [0.3, 0.4) is 0 Å². The Bertz CT molecular complexity index is 545. The van der Waals surface area contributed by atoms with E-state index in [-0.39, 0.29) is 18.2 Å². The maximum Gasteiger partial charge on any atom is 0.402 e. The second-order valence-corrected chi connectivity index (χ2v) is 5.21. The number of nitrogens with two attached hydrogens (primary N) is 1. The summed E-state index contributed by atoms with van der Waals surface area (Å²) in [6, 6.07) is 0.983. The average molecular weight is 299 g/mol. The SMILES string of the molecule is CCOc1ncc(S(=O)(=O)NCC(F)(F)F)cc1N. The quantitative estimate of drug-likeness (QED) is 0.842. The highest BCUT2D eigenvalue weighted by molar-refractivity contribution is 7.89. The summed E-state index contributed by atoms with van der Waals surface area (Å²) < 4.78 is 65.4. The molecule has 6 nitrogen and oxygen atoms in total. The van der Waals surface area contributed by atoms with Gasteiger partial charge in [0.2, 0.25) is 15.9 Å². The number of ether oxygens (including phenoxy) is 1. The van der Waals surface area contributed by atoms with Crippen molar-refractivity contribution in [3.8, 4) is 5.88 Å². The number of nitrogen functional groups attached to an aromatic ring is 1. The third kappa shape index (κ3) is 4.56. The van der Waals surface area contributed by atoms with E-state index < -0.39 is 27.6 Å². The minimum atomic E-state index is -4.64. The van der Waals surface area contributed by atoms with Crippen LogP contribution < -0.4 is 15.2 Å². The van der Waals surface area contributed by atoms with Gasteiger partial charge in [0.05, 0.1) is 18.5 Å². The first-order valence-electron chi connectivity index (χ1n) is 5.10. The minimum absolute atomic E-state index is 0.0253. The fourth-order valence-electron chi connectivity index (χ4n) is 1.11. The molecular weight excluding hydrogens is 287 g/mol. The van der Waals surface area contributed by atoms with Crippen molar-refractivity contribution < 1.29 is 26.3 Å². The number of halogens is 3. The zero-order valence-corrected chi connectivity index (χ0v) is 10.7. The fourth-order valence-corrected chi connectivity index (χ4v) is 2.11. The van der Waals surface area contributed by atoms with Crippen molar-refractivity contribution in [2.45, 2.75) is 18.0 Å². The number of aromatic nitrogens is 1. The van der Waals surface area contributed by atoms with Gasteiger partial charge < -0.3 is 10.5 Å². The number of alkyl halides is 3. The summed E-state index contributed by atoms with van der Waals surface area (Å²) in [6.45, 7) is 0.286. The number of rotatable bonds is 5. The third-order valence-corrected chi connectivity index (χ3v) is 3.28. The van der Waals surface area contributed by atoms with Crippen LogP contribution >= 0.6 is 0 Å². The maximum absolute atomic E-state index is 12.0. The lowest BCUT2D eigenvalue weighted by Crippen LogP contribution is -2.33. The molecule has 1 rings (SSSR count). The second-order valence-electron chi connectivity index (χ2n) is 3.44. The molecule has 19 heavy (non-hydrogen) atoms. The second kappa shape index (κ2) is 5.61. The minimum Gasteiger partial charge on any atom is -0.477 e. The van der Waals surface area contributed by atoms with Gasteiger partial charge in [-0.25, -0.2) is 18.1 Å². The molecule has 0 fully saturated rings. The van der Waals surface area contributed by atoms with Crippen LogP contribution in [-0.4, -0.2) is 32.7 Å². The van der Waals surface area contributed by atoms with Crippen LogP contribution in [0, 0.1) is 0 Å². The topological polar surface area (TPSA) is 94.3 Å². The number of nitrogens with zero attached hydrogens (tertiary/aromatic N) is 1. The molecule has 0 aliphatic heterocycles. The van der Waals surface area contributed by atoms with E-state index in [1.165, 1.54) is 4.72 Å². The number of hydrogen-bond donors (Lipinski definition) is 2. The highest BCUT2D eigenvalue weighted by Crippen LogP contribution is 2.22. The Morgan fingerprint density at radius 3 is 2.58 bits per heavy atom. The van der Waals surface area contributed by atoms with Gasteiger partial charge in [0.25, 0.3) is 0 Å². The van der Waals surface area contributed by atoms with Gasteiger partial charge in [0.1, 0.15) is 11.4 Å². The maximum atomic E-state index is 12.0. The van der Waals surface area contributed by atoms with Crippen LogP contribution in [-0.2, 0) is 10.0 Å². The van der Waals surface area contributed by atoms with Crippen LogP contribution in [0.4, 0.5) is 18.9 Å². The van der Waals surface area contributed by atoms with Gasteiger partial charge in [0.15, 0.2) is 0 Å². The monoisotopic (exact) mass is 299 g/mol. The van der Waals surface area contributed by atoms with E-state index in [4.69, 9.17) is 10.5 Å². The van der Waals surface area contributed by atoms with Gasteiger partial charge >= 0.3 is 6.18 Å². The average Bonchev–Trinajstić information content (AvgIpc) is 2.29. The highest BCUT2D eigenvalue weighted by Gasteiger charge is 2.30. The molecule has 0 aliphatic carbocycles. The summed E-state index contributed by atoms with van der Waals surface area (Å²) in [5.74, 6) is 0.0253. The molecule has 108 valence electrons. The number of sulfonamides is 1. The number of anilines is 1. The third-order valence-electron chi connectivity index (χ3n) is 1.91. The van der Waals surface area contributed by atoms with E-state index in [1.807, 2.05) is 0 Å². The molecule has 0 aromatic carbocycles.